The zero-order valence-corrected chi connectivity index (χ0v) is 16.0. The van der Waals surface area contributed by atoms with Gasteiger partial charge in [0.1, 0.15) is 11.6 Å². The number of nitrogens with one attached hydrogen (secondary N) is 2. The quantitative estimate of drug-likeness (QED) is 0.762. The van der Waals surface area contributed by atoms with Crippen LogP contribution in [0.3, 0.4) is 0 Å². The van der Waals surface area contributed by atoms with Crippen molar-refractivity contribution >= 4 is 11.8 Å². The number of benzene rings is 1. The molecule has 2 rings (SSSR count). The van der Waals surface area contributed by atoms with E-state index in [0.717, 1.165) is 22.7 Å². The van der Waals surface area contributed by atoms with Crippen molar-refractivity contribution in [1.82, 2.24) is 15.6 Å². The summed E-state index contributed by atoms with van der Waals surface area (Å²) in [5.41, 5.74) is 2.03. The van der Waals surface area contributed by atoms with Crippen molar-refractivity contribution in [3.05, 3.63) is 53.7 Å². The largest absolute Gasteiger partial charge is 0.493 e. The average Bonchev–Trinajstić information content (AvgIpc) is 2.64. The van der Waals surface area contributed by atoms with Crippen LogP contribution in [0.2, 0.25) is 0 Å². The van der Waals surface area contributed by atoms with Crippen molar-refractivity contribution in [3.63, 3.8) is 0 Å². The Hall–Kier alpha value is -2.76. The molecule has 0 aliphatic carbocycles. The fourth-order valence-corrected chi connectivity index (χ4v) is 2.21. The van der Waals surface area contributed by atoms with E-state index in [1.54, 1.807) is 6.20 Å². The summed E-state index contributed by atoms with van der Waals surface area (Å²) in [5.74, 6) is 2.21. The van der Waals surface area contributed by atoms with Gasteiger partial charge in [-0.05, 0) is 41.3 Å². The Morgan fingerprint density at radius 2 is 1.73 bits per heavy atom. The second-order valence-corrected chi connectivity index (χ2v) is 6.80. The molecule has 0 saturated carbocycles. The third-order valence-electron chi connectivity index (χ3n) is 3.68. The number of aromatic nitrogens is 1. The van der Waals surface area contributed by atoms with Crippen molar-refractivity contribution in [2.24, 2.45) is 5.92 Å². The van der Waals surface area contributed by atoms with E-state index in [0.29, 0.717) is 25.6 Å². The van der Waals surface area contributed by atoms with Crippen LogP contribution in [0.15, 0.2) is 42.6 Å². The number of rotatable bonds is 8. The van der Waals surface area contributed by atoms with E-state index in [9.17, 15) is 4.79 Å². The first-order valence-corrected chi connectivity index (χ1v) is 8.79. The van der Waals surface area contributed by atoms with Crippen LogP contribution in [0, 0.1) is 5.92 Å². The summed E-state index contributed by atoms with van der Waals surface area (Å²) >= 11 is 0. The number of hydrogen-bond acceptors (Lipinski definition) is 4. The SMILES string of the molecule is CC(C)COc1ccc(CNC(=O)NCc2ccnc(N(C)C)c2)cc1. The number of carbonyl (C=O) groups is 1. The van der Waals surface area contributed by atoms with Crippen LogP contribution in [-0.2, 0) is 13.1 Å². The minimum Gasteiger partial charge on any atom is -0.493 e. The van der Waals surface area contributed by atoms with Crippen LogP contribution in [0.4, 0.5) is 10.6 Å². The Morgan fingerprint density at radius 3 is 2.35 bits per heavy atom. The predicted octanol–water partition coefficient (Wildman–Crippen LogP) is 3.18. The van der Waals surface area contributed by atoms with Gasteiger partial charge in [-0.3, -0.25) is 0 Å². The molecule has 1 aromatic carbocycles. The zero-order valence-electron chi connectivity index (χ0n) is 16.0. The number of hydrogen-bond donors (Lipinski definition) is 2. The van der Waals surface area contributed by atoms with E-state index < -0.39 is 0 Å². The molecule has 0 radical (unpaired) electrons. The van der Waals surface area contributed by atoms with E-state index in [4.69, 9.17) is 4.74 Å². The van der Waals surface area contributed by atoms with Gasteiger partial charge in [0, 0.05) is 33.4 Å². The Bertz CT molecular complexity index is 699. The minimum absolute atomic E-state index is 0.201. The molecule has 6 heteroatoms. The molecule has 26 heavy (non-hydrogen) atoms. The fourth-order valence-electron chi connectivity index (χ4n) is 2.21. The lowest BCUT2D eigenvalue weighted by molar-refractivity contribution is 0.240. The molecule has 2 aromatic rings. The second kappa shape index (κ2) is 9.65. The van der Waals surface area contributed by atoms with E-state index in [2.05, 4.69) is 29.5 Å². The van der Waals surface area contributed by atoms with Crippen molar-refractivity contribution in [2.45, 2.75) is 26.9 Å². The third-order valence-corrected chi connectivity index (χ3v) is 3.68. The lowest BCUT2D eigenvalue weighted by atomic mass is 10.2. The number of carbonyl (C=O) groups excluding carboxylic acids is 1. The molecular weight excluding hydrogens is 328 g/mol. The Morgan fingerprint density at radius 1 is 1.08 bits per heavy atom. The molecule has 6 nitrogen and oxygen atoms in total. The van der Waals surface area contributed by atoms with E-state index >= 15 is 0 Å². The molecule has 0 aliphatic rings. The summed E-state index contributed by atoms with van der Waals surface area (Å²) in [7, 11) is 3.87. The molecular formula is C20H28N4O2. The van der Waals surface area contributed by atoms with Crippen molar-refractivity contribution in [1.29, 1.82) is 0 Å². The van der Waals surface area contributed by atoms with Crippen LogP contribution in [0.1, 0.15) is 25.0 Å². The molecule has 0 unspecified atom stereocenters. The molecule has 0 fully saturated rings. The van der Waals surface area contributed by atoms with E-state index in [1.807, 2.05) is 55.4 Å². The number of urea groups is 1. The van der Waals surface area contributed by atoms with Crippen LogP contribution >= 0.6 is 0 Å². The highest BCUT2D eigenvalue weighted by atomic mass is 16.5. The first-order valence-electron chi connectivity index (χ1n) is 8.79. The summed E-state index contributed by atoms with van der Waals surface area (Å²) < 4.78 is 5.65. The fraction of sp³-hybridized carbons (Fsp3) is 0.400. The lowest BCUT2D eigenvalue weighted by Gasteiger charge is -2.13. The maximum Gasteiger partial charge on any atom is 0.315 e. The molecule has 0 atom stereocenters. The minimum atomic E-state index is -0.201. The smallest absolute Gasteiger partial charge is 0.315 e. The van der Waals surface area contributed by atoms with E-state index in [1.165, 1.54) is 0 Å². The standard InChI is InChI=1S/C20H28N4O2/c1-15(2)14-26-18-7-5-16(6-8-18)12-22-20(25)23-13-17-9-10-21-19(11-17)24(3)4/h5-11,15H,12-14H2,1-4H3,(H2,22,23,25). The predicted molar refractivity (Wildman–Crippen MR) is 104 cm³/mol. The first-order chi connectivity index (χ1) is 12.4. The van der Waals surface area contributed by atoms with Gasteiger partial charge in [0.05, 0.1) is 6.61 Å². The molecule has 1 aromatic heterocycles. The van der Waals surface area contributed by atoms with Crippen molar-refractivity contribution in [3.8, 4) is 5.75 Å². The molecule has 2 N–H and O–H groups in total. The Labute approximate surface area is 155 Å². The normalized spacial score (nSPS) is 10.5. The van der Waals surface area contributed by atoms with Crippen molar-refractivity contribution < 1.29 is 9.53 Å². The number of ether oxygens (including phenoxy) is 1. The maximum absolute atomic E-state index is 12.0. The highest BCUT2D eigenvalue weighted by molar-refractivity contribution is 5.73. The maximum atomic E-state index is 12.0. The van der Waals surface area contributed by atoms with E-state index in [-0.39, 0.29) is 6.03 Å². The van der Waals surface area contributed by atoms with Gasteiger partial charge in [-0.1, -0.05) is 26.0 Å². The highest BCUT2D eigenvalue weighted by Gasteiger charge is 2.04. The Kier molecular flexibility index (Phi) is 7.26. The average molecular weight is 356 g/mol. The summed E-state index contributed by atoms with van der Waals surface area (Å²) in [4.78, 5) is 18.2. The second-order valence-electron chi connectivity index (χ2n) is 6.80. The van der Waals surface area contributed by atoms with Gasteiger partial charge in [0.15, 0.2) is 0 Å². The van der Waals surface area contributed by atoms with Gasteiger partial charge in [0.25, 0.3) is 0 Å². The van der Waals surface area contributed by atoms with Crippen LogP contribution in [-0.4, -0.2) is 31.7 Å². The summed E-state index contributed by atoms with van der Waals surface area (Å²) in [5, 5.41) is 5.72. The molecule has 0 bridgehead atoms. The topological polar surface area (TPSA) is 66.5 Å². The molecule has 1 heterocycles. The molecule has 140 valence electrons. The summed E-state index contributed by atoms with van der Waals surface area (Å²) in [6.45, 7) is 5.85. The van der Waals surface area contributed by atoms with Crippen molar-refractivity contribution in [2.75, 3.05) is 25.6 Å². The number of nitrogens with zero attached hydrogens (tertiary/aromatic N) is 2. The zero-order chi connectivity index (χ0) is 18.9. The van der Waals surface area contributed by atoms with Gasteiger partial charge < -0.3 is 20.3 Å². The Balaban J connectivity index is 1.75. The monoisotopic (exact) mass is 356 g/mol. The molecule has 0 spiro atoms. The number of amides is 2. The van der Waals surface area contributed by atoms with Gasteiger partial charge in [-0.2, -0.15) is 0 Å². The molecule has 2 amide bonds. The summed E-state index contributed by atoms with van der Waals surface area (Å²) in [6.07, 6.45) is 1.74. The van der Waals surface area contributed by atoms with Gasteiger partial charge in [-0.15, -0.1) is 0 Å². The van der Waals surface area contributed by atoms with Gasteiger partial charge in [0.2, 0.25) is 0 Å². The first kappa shape index (κ1) is 19.6. The van der Waals surface area contributed by atoms with Gasteiger partial charge in [-0.25, -0.2) is 9.78 Å². The third kappa shape index (κ3) is 6.63. The van der Waals surface area contributed by atoms with Crippen LogP contribution < -0.4 is 20.3 Å². The molecule has 0 saturated heterocycles. The van der Waals surface area contributed by atoms with Crippen LogP contribution in [0.5, 0.6) is 5.75 Å². The molecule has 0 aliphatic heterocycles. The summed E-state index contributed by atoms with van der Waals surface area (Å²) in [6, 6.07) is 11.4. The van der Waals surface area contributed by atoms with Gasteiger partial charge >= 0.3 is 6.03 Å². The lowest BCUT2D eigenvalue weighted by Crippen LogP contribution is -2.34. The highest BCUT2D eigenvalue weighted by Crippen LogP contribution is 2.13. The number of anilines is 1. The number of pyridine rings is 1. The van der Waals surface area contributed by atoms with Crippen LogP contribution in [0.25, 0.3) is 0 Å².